The highest BCUT2D eigenvalue weighted by molar-refractivity contribution is 9.10. The first kappa shape index (κ1) is 12.8. The standard InChI is InChI=1S/C14H14BrN3/c1-9-3-6-14(17-10(9)2)18-13-7-12(15)5-4-11(13)8-16/h3-8,16H,1-2H3,(H,17,18). The number of nitrogens with zero attached hydrogens (tertiary/aromatic N) is 1. The van der Waals surface area contributed by atoms with Crippen molar-refractivity contribution in [2.45, 2.75) is 13.8 Å². The van der Waals surface area contributed by atoms with Crippen molar-refractivity contribution in [2.24, 2.45) is 0 Å². The zero-order chi connectivity index (χ0) is 13.1. The van der Waals surface area contributed by atoms with E-state index in [-0.39, 0.29) is 0 Å². The number of nitrogens with one attached hydrogen (secondary N) is 2. The third kappa shape index (κ3) is 2.76. The van der Waals surface area contributed by atoms with E-state index in [1.807, 2.05) is 44.2 Å². The first-order chi connectivity index (χ1) is 8.60. The van der Waals surface area contributed by atoms with Crippen molar-refractivity contribution in [2.75, 3.05) is 5.32 Å². The fourth-order valence-electron chi connectivity index (χ4n) is 1.60. The van der Waals surface area contributed by atoms with E-state index >= 15 is 0 Å². The van der Waals surface area contributed by atoms with Gasteiger partial charge in [0.2, 0.25) is 0 Å². The zero-order valence-electron chi connectivity index (χ0n) is 10.3. The van der Waals surface area contributed by atoms with E-state index in [9.17, 15) is 0 Å². The van der Waals surface area contributed by atoms with Gasteiger partial charge in [-0.3, -0.25) is 0 Å². The minimum atomic E-state index is 0.791. The van der Waals surface area contributed by atoms with Crippen molar-refractivity contribution in [3.63, 3.8) is 0 Å². The summed E-state index contributed by atoms with van der Waals surface area (Å²) in [4.78, 5) is 4.47. The molecule has 2 aromatic rings. The van der Waals surface area contributed by atoms with Gasteiger partial charge in [-0.2, -0.15) is 0 Å². The van der Waals surface area contributed by atoms with Crippen LogP contribution in [-0.2, 0) is 0 Å². The summed E-state index contributed by atoms with van der Waals surface area (Å²) < 4.78 is 0.972. The summed E-state index contributed by atoms with van der Waals surface area (Å²) in [5.74, 6) is 0.791. The van der Waals surface area contributed by atoms with Gasteiger partial charge in [0, 0.05) is 27.6 Å². The van der Waals surface area contributed by atoms with Gasteiger partial charge in [0.15, 0.2) is 0 Å². The van der Waals surface area contributed by atoms with Crippen LogP contribution in [-0.4, -0.2) is 11.2 Å². The molecular formula is C14H14BrN3. The highest BCUT2D eigenvalue weighted by Crippen LogP contribution is 2.23. The monoisotopic (exact) mass is 303 g/mol. The summed E-state index contributed by atoms with van der Waals surface area (Å²) in [6, 6.07) is 9.72. The Morgan fingerprint density at radius 1 is 1.22 bits per heavy atom. The van der Waals surface area contributed by atoms with Crippen LogP contribution >= 0.6 is 15.9 Å². The Morgan fingerprint density at radius 3 is 2.67 bits per heavy atom. The predicted molar refractivity (Wildman–Crippen MR) is 79.0 cm³/mol. The first-order valence-electron chi connectivity index (χ1n) is 5.61. The predicted octanol–water partition coefficient (Wildman–Crippen LogP) is 4.20. The average Bonchev–Trinajstić information content (AvgIpc) is 2.34. The van der Waals surface area contributed by atoms with Gasteiger partial charge in [-0.1, -0.05) is 28.1 Å². The van der Waals surface area contributed by atoms with Gasteiger partial charge in [0.1, 0.15) is 5.82 Å². The number of halogens is 1. The third-order valence-electron chi connectivity index (χ3n) is 2.78. The highest BCUT2D eigenvalue weighted by atomic mass is 79.9. The number of aromatic nitrogens is 1. The molecule has 0 fully saturated rings. The lowest BCUT2D eigenvalue weighted by atomic mass is 10.2. The number of pyridine rings is 1. The molecule has 0 aliphatic carbocycles. The second-order valence-corrected chi connectivity index (χ2v) is 5.02. The van der Waals surface area contributed by atoms with Crippen LogP contribution in [0, 0.1) is 19.3 Å². The van der Waals surface area contributed by atoms with Gasteiger partial charge in [-0.25, -0.2) is 4.98 Å². The Balaban J connectivity index is 2.35. The van der Waals surface area contributed by atoms with Crippen molar-refractivity contribution in [1.29, 1.82) is 5.41 Å². The molecule has 4 heteroatoms. The largest absolute Gasteiger partial charge is 0.340 e. The smallest absolute Gasteiger partial charge is 0.130 e. The Labute approximate surface area is 115 Å². The molecule has 0 amide bonds. The van der Waals surface area contributed by atoms with Crippen molar-refractivity contribution >= 4 is 33.6 Å². The maximum Gasteiger partial charge on any atom is 0.130 e. The molecule has 2 rings (SSSR count). The summed E-state index contributed by atoms with van der Waals surface area (Å²) in [7, 11) is 0. The molecule has 0 spiro atoms. The summed E-state index contributed by atoms with van der Waals surface area (Å²) in [5, 5.41) is 10.6. The third-order valence-corrected chi connectivity index (χ3v) is 3.28. The molecule has 0 unspecified atom stereocenters. The first-order valence-corrected chi connectivity index (χ1v) is 6.41. The van der Waals surface area contributed by atoms with Gasteiger partial charge in [0.25, 0.3) is 0 Å². The molecule has 3 nitrogen and oxygen atoms in total. The van der Waals surface area contributed by atoms with E-state index in [0.29, 0.717) is 0 Å². The van der Waals surface area contributed by atoms with E-state index in [4.69, 9.17) is 5.41 Å². The number of anilines is 2. The Bertz CT molecular complexity index is 594. The lowest BCUT2D eigenvalue weighted by Crippen LogP contribution is -1.99. The zero-order valence-corrected chi connectivity index (χ0v) is 11.9. The summed E-state index contributed by atoms with van der Waals surface area (Å²) in [6.07, 6.45) is 1.33. The lowest BCUT2D eigenvalue weighted by Gasteiger charge is -2.10. The van der Waals surface area contributed by atoms with E-state index in [2.05, 4.69) is 26.2 Å². The van der Waals surface area contributed by atoms with Gasteiger partial charge in [-0.15, -0.1) is 0 Å². The minimum Gasteiger partial charge on any atom is -0.340 e. The van der Waals surface area contributed by atoms with Crippen molar-refractivity contribution in [3.05, 3.63) is 51.6 Å². The summed E-state index contributed by atoms with van der Waals surface area (Å²) in [5.41, 5.74) is 3.88. The van der Waals surface area contributed by atoms with Crippen LogP contribution in [0.3, 0.4) is 0 Å². The number of aryl methyl sites for hydroxylation is 2. The minimum absolute atomic E-state index is 0.791. The fourth-order valence-corrected chi connectivity index (χ4v) is 1.96. The summed E-state index contributed by atoms with van der Waals surface area (Å²) >= 11 is 3.43. The Kier molecular flexibility index (Phi) is 3.77. The maximum atomic E-state index is 7.40. The quantitative estimate of drug-likeness (QED) is 0.835. The number of hydrogen-bond donors (Lipinski definition) is 2. The second kappa shape index (κ2) is 5.31. The fraction of sp³-hybridized carbons (Fsp3) is 0.143. The molecule has 18 heavy (non-hydrogen) atoms. The molecule has 0 atom stereocenters. The number of hydrogen-bond acceptors (Lipinski definition) is 3. The molecule has 1 aromatic carbocycles. The van der Waals surface area contributed by atoms with E-state index in [1.54, 1.807) is 0 Å². The molecule has 2 N–H and O–H groups in total. The van der Waals surface area contributed by atoms with E-state index in [1.165, 1.54) is 11.8 Å². The molecule has 1 aromatic heterocycles. The SMILES string of the molecule is Cc1ccc(Nc2cc(Br)ccc2C=N)nc1C. The highest BCUT2D eigenvalue weighted by Gasteiger charge is 2.03. The van der Waals surface area contributed by atoms with Gasteiger partial charge in [-0.05, 0) is 37.6 Å². The van der Waals surface area contributed by atoms with E-state index in [0.717, 1.165) is 27.2 Å². The van der Waals surface area contributed by atoms with Crippen LogP contribution in [0.5, 0.6) is 0 Å². The maximum absolute atomic E-state index is 7.40. The Hall–Kier alpha value is -1.68. The van der Waals surface area contributed by atoms with Crippen LogP contribution in [0.2, 0.25) is 0 Å². The number of benzene rings is 1. The van der Waals surface area contributed by atoms with Gasteiger partial charge >= 0.3 is 0 Å². The molecule has 0 bridgehead atoms. The molecule has 0 saturated heterocycles. The normalized spacial score (nSPS) is 10.2. The van der Waals surface area contributed by atoms with Crippen molar-refractivity contribution in [1.82, 2.24) is 4.98 Å². The van der Waals surface area contributed by atoms with Crippen LogP contribution in [0.1, 0.15) is 16.8 Å². The Morgan fingerprint density at radius 2 is 2.00 bits per heavy atom. The summed E-state index contributed by atoms with van der Waals surface area (Å²) in [6.45, 7) is 4.02. The average molecular weight is 304 g/mol. The van der Waals surface area contributed by atoms with Crippen molar-refractivity contribution < 1.29 is 0 Å². The van der Waals surface area contributed by atoms with Gasteiger partial charge < -0.3 is 10.7 Å². The second-order valence-electron chi connectivity index (χ2n) is 4.10. The number of rotatable bonds is 3. The lowest BCUT2D eigenvalue weighted by molar-refractivity contribution is 1.15. The van der Waals surface area contributed by atoms with Crippen LogP contribution in [0.25, 0.3) is 0 Å². The van der Waals surface area contributed by atoms with Crippen LogP contribution in [0.4, 0.5) is 11.5 Å². The van der Waals surface area contributed by atoms with Crippen LogP contribution < -0.4 is 5.32 Å². The molecule has 92 valence electrons. The van der Waals surface area contributed by atoms with E-state index < -0.39 is 0 Å². The topological polar surface area (TPSA) is 48.8 Å². The molecule has 0 radical (unpaired) electrons. The molecule has 0 aliphatic rings. The van der Waals surface area contributed by atoms with Crippen molar-refractivity contribution in [3.8, 4) is 0 Å². The molecule has 1 heterocycles. The van der Waals surface area contributed by atoms with Crippen LogP contribution in [0.15, 0.2) is 34.8 Å². The van der Waals surface area contributed by atoms with Gasteiger partial charge in [0.05, 0.1) is 0 Å². The molecular weight excluding hydrogens is 290 g/mol. The molecule has 0 saturated carbocycles. The molecule has 0 aliphatic heterocycles.